The molecular weight excluding hydrogens is 489 g/mol. The first-order valence-electron chi connectivity index (χ1n) is 11.8. The lowest BCUT2D eigenvalue weighted by atomic mass is 9.97. The zero-order valence-corrected chi connectivity index (χ0v) is 20.2. The minimum absolute atomic E-state index is 0.0105. The first-order chi connectivity index (χ1) is 17.6. The molecule has 12 heteroatoms. The van der Waals surface area contributed by atoms with Crippen LogP contribution in [-0.4, -0.2) is 42.2 Å². The quantitative estimate of drug-likeness (QED) is 0.409. The summed E-state index contributed by atoms with van der Waals surface area (Å²) in [5.41, 5.74) is -0.552. The molecule has 0 bridgehead atoms. The van der Waals surface area contributed by atoms with Gasteiger partial charge >= 0.3 is 18.1 Å². The van der Waals surface area contributed by atoms with Gasteiger partial charge in [-0.15, -0.1) is 0 Å². The predicted molar refractivity (Wildman–Crippen MR) is 130 cm³/mol. The number of nitrogens with one attached hydrogen (secondary N) is 3. The number of likely N-dealkylation sites (tertiary alicyclic amines) is 1. The molecule has 4 rings (SSSR count). The highest BCUT2D eigenvalue weighted by Crippen LogP contribution is 2.33. The van der Waals surface area contributed by atoms with E-state index in [0.717, 1.165) is 38.1 Å². The molecular formula is C25H28F3N6O3+. The normalized spacial score (nSPS) is 14.8. The molecule has 37 heavy (non-hydrogen) atoms. The topological polar surface area (TPSA) is 103 Å². The molecule has 9 nitrogen and oxygen atoms in total. The zero-order valence-electron chi connectivity index (χ0n) is 20.2. The number of anilines is 3. The summed E-state index contributed by atoms with van der Waals surface area (Å²) in [6.45, 7) is 2.64. The van der Waals surface area contributed by atoms with E-state index in [0.29, 0.717) is 18.0 Å². The minimum atomic E-state index is -4.68. The number of benzene rings is 2. The number of hydrogen-bond donors (Lipinski definition) is 3. The fourth-order valence-electron chi connectivity index (χ4n) is 4.13. The Morgan fingerprint density at radius 3 is 2.41 bits per heavy atom. The van der Waals surface area contributed by atoms with Gasteiger partial charge in [0, 0.05) is 17.3 Å². The fourth-order valence-corrected chi connectivity index (χ4v) is 4.13. The van der Waals surface area contributed by atoms with Gasteiger partial charge in [0.15, 0.2) is 6.54 Å². The van der Waals surface area contributed by atoms with E-state index < -0.39 is 23.7 Å². The number of carbonyl (C=O) groups excluding carboxylic acids is 2. The Bertz CT molecular complexity index is 1220. The highest BCUT2D eigenvalue weighted by atomic mass is 19.4. The Morgan fingerprint density at radius 1 is 1.05 bits per heavy atom. The van der Waals surface area contributed by atoms with Crippen LogP contribution in [0.15, 0.2) is 59.3 Å². The van der Waals surface area contributed by atoms with Crippen LogP contribution in [0.1, 0.15) is 24.0 Å². The summed E-state index contributed by atoms with van der Waals surface area (Å²) in [5.74, 6) is -0.000788. The second kappa shape index (κ2) is 11.4. The Kier molecular flexibility index (Phi) is 8.07. The Morgan fingerprint density at radius 2 is 1.73 bits per heavy atom. The maximum atomic E-state index is 13.5. The van der Waals surface area contributed by atoms with Gasteiger partial charge in [0.05, 0.1) is 12.0 Å². The summed E-state index contributed by atoms with van der Waals surface area (Å²) >= 11 is 0. The largest absolute Gasteiger partial charge is 0.416 e. The van der Waals surface area contributed by atoms with Crippen molar-refractivity contribution in [2.75, 3.05) is 36.1 Å². The zero-order chi connectivity index (χ0) is 26.4. The summed E-state index contributed by atoms with van der Waals surface area (Å²) in [5, 5.41) is 11.2. The maximum Gasteiger partial charge on any atom is 0.416 e. The van der Waals surface area contributed by atoms with Crippen LogP contribution in [0.25, 0.3) is 0 Å². The van der Waals surface area contributed by atoms with Crippen LogP contribution < -0.4 is 20.6 Å². The monoisotopic (exact) mass is 517 g/mol. The molecule has 0 atom stereocenters. The van der Waals surface area contributed by atoms with Crippen LogP contribution in [0.2, 0.25) is 0 Å². The standard InChI is InChI=1S/C25H27F3N6O3/c1-33-9-7-18(8-10-33)15-34-16-23(37-32-34)31-24(36)30-21-13-19(25(26,27)28)12-20(14-21)29-22(35)11-17-5-3-2-4-6-17/h2-6,12-14,16,18H,7-11,15H2,1H3,(H2-,29,30,31,32,35,36)/p+1. The molecule has 1 fully saturated rings. The van der Waals surface area contributed by atoms with Gasteiger partial charge in [-0.05, 0) is 56.7 Å². The van der Waals surface area contributed by atoms with E-state index in [9.17, 15) is 22.8 Å². The lowest BCUT2D eigenvalue weighted by Gasteiger charge is -2.26. The number of aromatic nitrogens is 2. The molecule has 3 N–H and O–H groups in total. The number of alkyl halides is 3. The van der Waals surface area contributed by atoms with Gasteiger partial charge in [0.25, 0.3) is 6.20 Å². The van der Waals surface area contributed by atoms with Crippen molar-refractivity contribution in [3.05, 3.63) is 65.9 Å². The fraction of sp³-hybridized carbons (Fsp3) is 0.360. The molecule has 196 valence electrons. The molecule has 1 aromatic heterocycles. The smallest absolute Gasteiger partial charge is 0.326 e. The van der Waals surface area contributed by atoms with Gasteiger partial charge in [-0.2, -0.15) is 13.2 Å². The summed E-state index contributed by atoms with van der Waals surface area (Å²) in [6.07, 6.45) is -1.11. The van der Waals surface area contributed by atoms with Gasteiger partial charge in [0.2, 0.25) is 11.2 Å². The number of halogens is 3. The van der Waals surface area contributed by atoms with Crippen LogP contribution in [0, 0.1) is 5.92 Å². The lowest BCUT2D eigenvalue weighted by molar-refractivity contribution is -0.767. The first kappa shape index (κ1) is 26.1. The minimum Gasteiger partial charge on any atom is -0.326 e. The van der Waals surface area contributed by atoms with Gasteiger partial charge in [-0.3, -0.25) is 14.6 Å². The van der Waals surface area contributed by atoms with Crippen molar-refractivity contribution >= 4 is 29.2 Å². The Hall–Kier alpha value is -3.93. The molecule has 1 saturated heterocycles. The van der Waals surface area contributed by atoms with Crippen LogP contribution in [0.4, 0.5) is 35.2 Å². The van der Waals surface area contributed by atoms with E-state index in [1.54, 1.807) is 35.0 Å². The van der Waals surface area contributed by atoms with Crippen LogP contribution >= 0.6 is 0 Å². The van der Waals surface area contributed by atoms with Crippen molar-refractivity contribution in [2.24, 2.45) is 5.92 Å². The molecule has 1 aliphatic heterocycles. The molecule has 0 unspecified atom stereocenters. The van der Waals surface area contributed by atoms with Crippen LogP contribution in [0.5, 0.6) is 0 Å². The molecule has 2 aromatic carbocycles. The van der Waals surface area contributed by atoms with E-state index in [1.807, 2.05) is 0 Å². The SMILES string of the molecule is CN1CCC(C[n+]2cc(NC(=O)Nc3cc(NC(=O)Cc4ccccc4)cc(C(F)(F)F)c3)on2)CC1. The molecule has 2 heterocycles. The van der Waals surface area contributed by atoms with E-state index >= 15 is 0 Å². The summed E-state index contributed by atoms with van der Waals surface area (Å²) < 4.78 is 47.1. The average Bonchev–Trinajstić information content (AvgIpc) is 3.26. The number of urea groups is 1. The van der Waals surface area contributed by atoms with Gasteiger partial charge in [0.1, 0.15) is 0 Å². The summed E-state index contributed by atoms with van der Waals surface area (Å²) in [7, 11) is 2.08. The third-order valence-corrected chi connectivity index (χ3v) is 6.04. The van der Waals surface area contributed by atoms with Gasteiger partial charge < -0.3 is 15.5 Å². The predicted octanol–water partition coefficient (Wildman–Crippen LogP) is 4.15. The number of piperidine rings is 1. The second-order valence-corrected chi connectivity index (χ2v) is 9.12. The average molecular weight is 518 g/mol. The van der Waals surface area contributed by atoms with E-state index in [4.69, 9.17) is 4.52 Å². The first-order valence-corrected chi connectivity index (χ1v) is 11.8. The molecule has 1 aliphatic rings. The van der Waals surface area contributed by atoms with E-state index in [2.05, 4.69) is 33.2 Å². The number of amides is 3. The maximum absolute atomic E-state index is 13.5. The van der Waals surface area contributed by atoms with Gasteiger partial charge in [-0.1, -0.05) is 35.0 Å². The van der Waals surface area contributed by atoms with Crippen LogP contribution in [0.3, 0.4) is 0 Å². The lowest BCUT2D eigenvalue weighted by Crippen LogP contribution is -2.42. The van der Waals surface area contributed by atoms with E-state index in [-0.39, 0.29) is 23.7 Å². The van der Waals surface area contributed by atoms with Crippen molar-refractivity contribution in [1.82, 2.24) is 10.2 Å². The number of nitrogens with zero attached hydrogens (tertiary/aromatic N) is 3. The highest BCUT2D eigenvalue weighted by molar-refractivity contribution is 6.00. The summed E-state index contributed by atoms with van der Waals surface area (Å²) in [6, 6.07) is 10.8. The summed E-state index contributed by atoms with van der Waals surface area (Å²) in [4.78, 5) is 27.1. The molecule has 3 aromatic rings. The molecule has 0 spiro atoms. The molecule has 0 radical (unpaired) electrons. The van der Waals surface area contributed by atoms with Crippen molar-refractivity contribution in [3.63, 3.8) is 0 Å². The Balaban J connectivity index is 1.39. The van der Waals surface area contributed by atoms with Crippen molar-refractivity contribution in [2.45, 2.75) is 32.0 Å². The third kappa shape index (κ3) is 7.78. The van der Waals surface area contributed by atoms with Gasteiger partial charge in [-0.25, -0.2) is 4.79 Å². The molecule has 0 aliphatic carbocycles. The molecule has 0 saturated carbocycles. The highest BCUT2D eigenvalue weighted by Gasteiger charge is 2.32. The molecule has 3 amide bonds. The van der Waals surface area contributed by atoms with Crippen molar-refractivity contribution in [1.29, 1.82) is 0 Å². The number of hydrogen-bond acceptors (Lipinski definition) is 5. The Labute approximate surface area is 211 Å². The third-order valence-electron chi connectivity index (χ3n) is 6.04. The van der Waals surface area contributed by atoms with Crippen LogP contribution in [-0.2, 0) is 23.9 Å². The van der Waals surface area contributed by atoms with Crippen molar-refractivity contribution < 1.29 is 32.0 Å². The second-order valence-electron chi connectivity index (χ2n) is 9.12. The number of carbonyl (C=O) groups is 2. The van der Waals surface area contributed by atoms with E-state index in [1.165, 1.54) is 12.3 Å². The number of rotatable bonds is 7. The van der Waals surface area contributed by atoms with Crippen molar-refractivity contribution in [3.8, 4) is 0 Å².